The zero-order valence-electron chi connectivity index (χ0n) is 11.1. The van der Waals surface area contributed by atoms with Crippen LogP contribution in [0.25, 0.3) is 0 Å². The molecule has 0 aliphatic carbocycles. The zero-order valence-corrected chi connectivity index (χ0v) is 11.1. The first-order chi connectivity index (χ1) is 8.70. The van der Waals surface area contributed by atoms with Gasteiger partial charge in [-0.15, -0.1) is 0 Å². The van der Waals surface area contributed by atoms with Crippen LogP contribution < -0.4 is 10.1 Å². The molecule has 4 nitrogen and oxygen atoms in total. The first-order valence-electron chi connectivity index (χ1n) is 6.05. The van der Waals surface area contributed by atoms with Crippen molar-refractivity contribution in [3.63, 3.8) is 0 Å². The summed E-state index contributed by atoms with van der Waals surface area (Å²) in [4.78, 5) is 0. The Morgan fingerprint density at radius 2 is 2.11 bits per heavy atom. The van der Waals surface area contributed by atoms with E-state index in [-0.39, 0.29) is 6.04 Å². The summed E-state index contributed by atoms with van der Waals surface area (Å²) >= 11 is 0. The molecule has 96 valence electrons. The van der Waals surface area contributed by atoms with Crippen molar-refractivity contribution in [3.05, 3.63) is 47.8 Å². The Bertz CT molecular complexity index is 507. The maximum absolute atomic E-state index is 5.33. The van der Waals surface area contributed by atoms with E-state index in [1.807, 2.05) is 42.2 Å². The molecule has 2 aromatic rings. The van der Waals surface area contributed by atoms with Gasteiger partial charge in [-0.3, -0.25) is 4.68 Å². The molecule has 0 saturated heterocycles. The summed E-state index contributed by atoms with van der Waals surface area (Å²) in [5.41, 5.74) is 2.20. The lowest BCUT2D eigenvalue weighted by atomic mass is 10.1. The highest BCUT2D eigenvalue weighted by Gasteiger charge is 2.09. The fourth-order valence-electron chi connectivity index (χ4n) is 1.88. The second kappa shape index (κ2) is 5.69. The molecule has 0 radical (unpaired) electrons. The molecule has 18 heavy (non-hydrogen) atoms. The number of benzene rings is 1. The predicted octanol–water partition coefficient (Wildman–Crippen LogP) is 2.28. The molecule has 1 aromatic heterocycles. The monoisotopic (exact) mass is 245 g/mol. The van der Waals surface area contributed by atoms with Crippen molar-refractivity contribution in [2.75, 3.05) is 7.11 Å². The molecule has 1 atom stereocenters. The Balaban J connectivity index is 1.99. The Morgan fingerprint density at radius 1 is 1.33 bits per heavy atom. The Morgan fingerprint density at radius 3 is 2.78 bits per heavy atom. The second-order valence-corrected chi connectivity index (χ2v) is 4.33. The van der Waals surface area contributed by atoms with Crippen LogP contribution in [0.15, 0.2) is 36.5 Å². The van der Waals surface area contributed by atoms with Crippen LogP contribution in [-0.2, 0) is 13.6 Å². The van der Waals surface area contributed by atoms with Gasteiger partial charge in [0.25, 0.3) is 0 Å². The predicted molar refractivity (Wildman–Crippen MR) is 71.5 cm³/mol. The van der Waals surface area contributed by atoms with Gasteiger partial charge in [-0.1, -0.05) is 18.2 Å². The van der Waals surface area contributed by atoms with Crippen LogP contribution in [0.3, 0.4) is 0 Å². The summed E-state index contributed by atoms with van der Waals surface area (Å²) in [6, 6.07) is 10.3. The lowest BCUT2D eigenvalue weighted by Crippen LogP contribution is -2.19. The van der Waals surface area contributed by atoms with Gasteiger partial charge in [-0.2, -0.15) is 5.10 Å². The average molecular weight is 245 g/mol. The molecule has 2 rings (SSSR count). The lowest BCUT2D eigenvalue weighted by molar-refractivity contribution is 0.405. The third-order valence-electron chi connectivity index (χ3n) is 2.97. The van der Waals surface area contributed by atoms with Crippen molar-refractivity contribution < 1.29 is 4.74 Å². The van der Waals surface area contributed by atoms with Gasteiger partial charge in [0.15, 0.2) is 0 Å². The topological polar surface area (TPSA) is 39.1 Å². The normalized spacial score (nSPS) is 12.4. The number of aromatic nitrogens is 2. The van der Waals surface area contributed by atoms with Gasteiger partial charge in [0.2, 0.25) is 0 Å². The third-order valence-corrected chi connectivity index (χ3v) is 2.97. The van der Waals surface area contributed by atoms with Gasteiger partial charge in [-0.25, -0.2) is 0 Å². The number of hydrogen-bond donors (Lipinski definition) is 1. The minimum atomic E-state index is 0.219. The van der Waals surface area contributed by atoms with Crippen molar-refractivity contribution in [1.29, 1.82) is 0 Å². The van der Waals surface area contributed by atoms with Gasteiger partial charge in [0.05, 0.1) is 12.8 Å². The van der Waals surface area contributed by atoms with Crippen LogP contribution in [0.1, 0.15) is 24.2 Å². The smallest absolute Gasteiger partial charge is 0.123 e. The largest absolute Gasteiger partial charge is 0.496 e. The zero-order chi connectivity index (χ0) is 13.0. The molecule has 1 heterocycles. The second-order valence-electron chi connectivity index (χ2n) is 4.33. The fraction of sp³-hybridized carbons (Fsp3) is 0.357. The van der Waals surface area contributed by atoms with E-state index in [1.165, 1.54) is 0 Å². The number of methoxy groups -OCH3 is 1. The number of para-hydroxylation sites is 1. The molecule has 1 aromatic carbocycles. The molecule has 0 spiro atoms. The highest BCUT2D eigenvalue weighted by molar-refractivity contribution is 5.33. The molecule has 1 unspecified atom stereocenters. The number of nitrogens with zero attached hydrogens (tertiary/aromatic N) is 2. The van der Waals surface area contributed by atoms with Gasteiger partial charge >= 0.3 is 0 Å². The number of aryl methyl sites for hydroxylation is 1. The van der Waals surface area contributed by atoms with E-state index in [9.17, 15) is 0 Å². The van der Waals surface area contributed by atoms with Crippen LogP contribution in [0.5, 0.6) is 5.75 Å². The number of rotatable bonds is 5. The fourth-order valence-corrected chi connectivity index (χ4v) is 1.88. The maximum Gasteiger partial charge on any atom is 0.123 e. The van der Waals surface area contributed by atoms with E-state index in [2.05, 4.69) is 23.4 Å². The van der Waals surface area contributed by atoms with E-state index in [4.69, 9.17) is 4.74 Å². The molecule has 0 fully saturated rings. The van der Waals surface area contributed by atoms with Crippen LogP contribution in [0.2, 0.25) is 0 Å². The summed E-state index contributed by atoms with van der Waals surface area (Å²) in [5.74, 6) is 0.915. The van der Waals surface area contributed by atoms with E-state index in [0.717, 1.165) is 23.6 Å². The van der Waals surface area contributed by atoms with Gasteiger partial charge in [0.1, 0.15) is 5.75 Å². The number of nitrogens with one attached hydrogen (secondary N) is 1. The van der Waals surface area contributed by atoms with Crippen LogP contribution in [0, 0.1) is 0 Å². The molecular weight excluding hydrogens is 226 g/mol. The molecule has 1 N–H and O–H groups in total. The number of hydrogen-bond acceptors (Lipinski definition) is 3. The summed E-state index contributed by atoms with van der Waals surface area (Å²) in [5, 5.41) is 7.84. The van der Waals surface area contributed by atoms with E-state index in [0.29, 0.717) is 0 Å². The van der Waals surface area contributed by atoms with E-state index in [1.54, 1.807) is 7.11 Å². The highest BCUT2D eigenvalue weighted by atomic mass is 16.5. The number of ether oxygens (including phenoxy) is 1. The molecule has 0 aliphatic heterocycles. The summed E-state index contributed by atoms with van der Waals surface area (Å²) in [6.07, 6.45) is 1.95. The summed E-state index contributed by atoms with van der Waals surface area (Å²) in [6.45, 7) is 2.87. The SMILES string of the molecule is COc1ccccc1CNC(C)c1ccn(C)n1. The first kappa shape index (κ1) is 12.6. The molecule has 4 heteroatoms. The van der Waals surface area contributed by atoms with Crippen molar-refractivity contribution in [2.24, 2.45) is 7.05 Å². The quantitative estimate of drug-likeness (QED) is 0.878. The third kappa shape index (κ3) is 2.90. The molecular formula is C14H19N3O. The van der Waals surface area contributed by atoms with Gasteiger partial charge < -0.3 is 10.1 Å². The molecule has 0 aliphatic rings. The van der Waals surface area contributed by atoms with Crippen LogP contribution >= 0.6 is 0 Å². The van der Waals surface area contributed by atoms with Crippen molar-refractivity contribution >= 4 is 0 Å². The van der Waals surface area contributed by atoms with Crippen LogP contribution in [0.4, 0.5) is 0 Å². The summed E-state index contributed by atoms with van der Waals surface area (Å²) in [7, 11) is 3.62. The van der Waals surface area contributed by atoms with Crippen LogP contribution in [-0.4, -0.2) is 16.9 Å². The van der Waals surface area contributed by atoms with E-state index < -0.39 is 0 Å². The van der Waals surface area contributed by atoms with Gasteiger partial charge in [0, 0.05) is 31.4 Å². The minimum absolute atomic E-state index is 0.219. The van der Waals surface area contributed by atoms with Gasteiger partial charge in [-0.05, 0) is 19.1 Å². The summed E-state index contributed by atoms with van der Waals surface area (Å²) < 4.78 is 7.14. The lowest BCUT2D eigenvalue weighted by Gasteiger charge is -2.13. The van der Waals surface area contributed by atoms with E-state index >= 15 is 0 Å². The molecule has 0 bridgehead atoms. The Labute approximate surface area is 108 Å². The standard InChI is InChI=1S/C14H19N3O/c1-11(13-8-9-17(2)16-13)15-10-12-6-4-5-7-14(12)18-3/h4-9,11,15H,10H2,1-3H3. The Kier molecular flexibility index (Phi) is 3.99. The highest BCUT2D eigenvalue weighted by Crippen LogP contribution is 2.18. The first-order valence-corrected chi connectivity index (χ1v) is 6.05. The van der Waals surface area contributed by atoms with Crippen molar-refractivity contribution in [2.45, 2.75) is 19.5 Å². The molecule has 0 amide bonds. The Hall–Kier alpha value is -1.81. The van der Waals surface area contributed by atoms with Crippen molar-refractivity contribution in [1.82, 2.24) is 15.1 Å². The maximum atomic E-state index is 5.33. The molecule has 0 saturated carbocycles. The minimum Gasteiger partial charge on any atom is -0.496 e. The average Bonchev–Trinajstić information content (AvgIpc) is 2.83. The van der Waals surface area contributed by atoms with Crippen molar-refractivity contribution in [3.8, 4) is 5.75 Å².